The molecule has 4 heteroatoms. The lowest BCUT2D eigenvalue weighted by Gasteiger charge is -2.25. The fourth-order valence-electron chi connectivity index (χ4n) is 3.12. The number of amides is 1. The molecule has 0 aromatic heterocycles. The van der Waals surface area contributed by atoms with E-state index in [2.05, 4.69) is 11.4 Å². The first kappa shape index (κ1) is 16.0. The van der Waals surface area contributed by atoms with E-state index in [1.807, 2.05) is 61.2 Å². The van der Waals surface area contributed by atoms with Crippen LogP contribution in [-0.2, 0) is 11.2 Å². The van der Waals surface area contributed by atoms with Crippen LogP contribution in [0.25, 0.3) is 0 Å². The van der Waals surface area contributed by atoms with Crippen LogP contribution in [0.1, 0.15) is 31.0 Å². The SMILES string of the molecule is C[C@H](N[C@H](C)c1cccc(Cl)c1)C(=O)N1CCc2ccccc21. The molecule has 0 saturated carbocycles. The highest BCUT2D eigenvalue weighted by Crippen LogP contribution is 2.28. The number of halogens is 1. The molecule has 2 aromatic carbocycles. The van der Waals surface area contributed by atoms with Gasteiger partial charge in [0.15, 0.2) is 0 Å². The van der Waals surface area contributed by atoms with Gasteiger partial charge in [0.25, 0.3) is 0 Å². The summed E-state index contributed by atoms with van der Waals surface area (Å²) in [7, 11) is 0. The highest BCUT2D eigenvalue weighted by atomic mass is 35.5. The standard InChI is InChI=1S/C19H21ClN2O/c1-13(16-7-5-8-17(20)12-16)21-14(2)19(23)22-11-10-15-6-3-4-9-18(15)22/h3-9,12-14,21H,10-11H2,1-2H3/t13-,14+/m1/s1. The number of para-hydroxylation sites is 1. The third-order valence-corrected chi connectivity index (χ3v) is 4.61. The Hall–Kier alpha value is -1.84. The van der Waals surface area contributed by atoms with Crippen LogP contribution < -0.4 is 10.2 Å². The Bertz CT molecular complexity index is 716. The van der Waals surface area contributed by atoms with Gasteiger partial charge in [-0.25, -0.2) is 0 Å². The number of nitrogens with zero attached hydrogens (tertiary/aromatic N) is 1. The Morgan fingerprint density at radius 3 is 2.74 bits per heavy atom. The Kier molecular flexibility index (Phi) is 4.69. The fourth-order valence-corrected chi connectivity index (χ4v) is 3.32. The number of carbonyl (C=O) groups is 1. The molecule has 0 saturated heterocycles. The van der Waals surface area contributed by atoms with Crippen LogP contribution >= 0.6 is 11.6 Å². The predicted molar refractivity (Wildman–Crippen MR) is 95.0 cm³/mol. The van der Waals surface area contributed by atoms with E-state index in [0.29, 0.717) is 5.02 Å². The van der Waals surface area contributed by atoms with Crippen molar-refractivity contribution < 1.29 is 4.79 Å². The normalized spacial score (nSPS) is 16.0. The molecule has 1 aliphatic heterocycles. The first-order valence-electron chi connectivity index (χ1n) is 7.97. The van der Waals surface area contributed by atoms with Crippen LogP contribution in [0.2, 0.25) is 5.02 Å². The maximum atomic E-state index is 12.8. The monoisotopic (exact) mass is 328 g/mol. The molecule has 0 unspecified atom stereocenters. The zero-order valence-corrected chi connectivity index (χ0v) is 14.2. The first-order valence-corrected chi connectivity index (χ1v) is 8.35. The minimum atomic E-state index is -0.255. The zero-order chi connectivity index (χ0) is 16.4. The molecule has 0 spiro atoms. The molecular weight excluding hydrogens is 308 g/mol. The average molecular weight is 329 g/mol. The summed E-state index contributed by atoms with van der Waals surface area (Å²) in [4.78, 5) is 14.7. The second kappa shape index (κ2) is 6.73. The summed E-state index contributed by atoms with van der Waals surface area (Å²) in [5.41, 5.74) is 3.37. The van der Waals surface area contributed by atoms with Crippen molar-refractivity contribution >= 4 is 23.2 Å². The van der Waals surface area contributed by atoms with Gasteiger partial charge in [-0.15, -0.1) is 0 Å². The van der Waals surface area contributed by atoms with E-state index in [9.17, 15) is 4.79 Å². The van der Waals surface area contributed by atoms with Gasteiger partial charge in [0.2, 0.25) is 5.91 Å². The number of hydrogen-bond acceptors (Lipinski definition) is 2. The van der Waals surface area contributed by atoms with Crippen molar-refractivity contribution in [1.29, 1.82) is 0 Å². The second-order valence-electron chi connectivity index (χ2n) is 6.03. The lowest BCUT2D eigenvalue weighted by atomic mass is 10.1. The van der Waals surface area contributed by atoms with E-state index >= 15 is 0 Å². The second-order valence-corrected chi connectivity index (χ2v) is 6.47. The van der Waals surface area contributed by atoms with Gasteiger partial charge >= 0.3 is 0 Å². The third kappa shape index (κ3) is 3.41. The smallest absolute Gasteiger partial charge is 0.243 e. The highest BCUT2D eigenvalue weighted by Gasteiger charge is 2.28. The summed E-state index contributed by atoms with van der Waals surface area (Å²) in [6.07, 6.45) is 0.929. The van der Waals surface area contributed by atoms with Crippen molar-refractivity contribution in [1.82, 2.24) is 5.32 Å². The summed E-state index contributed by atoms with van der Waals surface area (Å²) < 4.78 is 0. The van der Waals surface area contributed by atoms with Gasteiger partial charge in [0, 0.05) is 23.3 Å². The summed E-state index contributed by atoms with van der Waals surface area (Å²) in [5.74, 6) is 0.115. The number of hydrogen-bond donors (Lipinski definition) is 1. The zero-order valence-electron chi connectivity index (χ0n) is 13.4. The molecule has 1 amide bonds. The Morgan fingerprint density at radius 1 is 1.17 bits per heavy atom. The van der Waals surface area contributed by atoms with Crippen molar-refractivity contribution in [3.8, 4) is 0 Å². The summed E-state index contributed by atoms with van der Waals surface area (Å²) in [5, 5.41) is 4.09. The third-order valence-electron chi connectivity index (χ3n) is 4.37. The van der Waals surface area contributed by atoms with Crippen molar-refractivity contribution in [2.24, 2.45) is 0 Å². The van der Waals surface area contributed by atoms with Gasteiger partial charge < -0.3 is 4.90 Å². The molecule has 23 heavy (non-hydrogen) atoms. The molecule has 1 heterocycles. The summed E-state index contributed by atoms with van der Waals surface area (Å²) >= 11 is 6.04. The predicted octanol–water partition coefficient (Wildman–Crippen LogP) is 3.97. The van der Waals surface area contributed by atoms with Gasteiger partial charge in [-0.2, -0.15) is 0 Å². The van der Waals surface area contributed by atoms with Crippen molar-refractivity contribution in [3.63, 3.8) is 0 Å². The van der Waals surface area contributed by atoms with E-state index in [0.717, 1.165) is 24.2 Å². The quantitative estimate of drug-likeness (QED) is 0.921. The summed E-state index contributed by atoms with van der Waals surface area (Å²) in [6.45, 7) is 4.73. The lowest BCUT2D eigenvalue weighted by Crippen LogP contribution is -2.45. The topological polar surface area (TPSA) is 32.3 Å². The van der Waals surface area contributed by atoms with Crippen molar-refractivity contribution in [3.05, 3.63) is 64.7 Å². The molecule has 0 aliphatic carbocycles. The summed E-state index contributed by atoms with van der Waals surface area (Å²) in [6, 6.07) is 15.7. The van der Waals surface area contributed by atoms with E-state index in [1.165, 1.54) is 5.56 Å². The largest absolute Gasteiger partial charge is 0.310 e. The molecule has 0 radical (unpaired) electrons. The van der Waals surface area contributed by atoms with Gasteiger partial charge in [0.1, 0.15) is 0 Å². The maximum absolute atomic E-state index is 12.8. The molecule has 2 atom stereocenters. The highest BCUT2D eigenvalue weighted by molar-refractivity contribution is 6.30. The van der Waals surface area contributed by atoms with Crippen molar-refractivity contribution in [2.45, 2.75) is 32.4 Å². The molecular formula is C19H21ClN2O. The number of benzene rings is 2. The van der Waals surface area contributed by atoms with Crippen LogP contribution in [0.3, 0.4) is 0 Å². The van der Waals surface area contributed by atoms with Crippen LogP contribution in [0, 0.1) is 0 Å². The first-order chi connectivity index (χ1) is 11.1. The number of anilines is 1. The van der Waals surface area contributed by atoms with E-state index in [4.69, 9.17) is 11.6 Å². The van der Waals surface area contributed by atoms with E-state index in [1.54, 1.807) is 0 Å². The van der Waals surface area contributed by atoms with Crippen molar-refractivity contribution in [2.75, 3.05) is 11.4 Å². The van der Waals surface area contributed by atoms with Gasteiger partial charge in [-0.1, -0.05) is 41.9 Å². The molecule has 3 nitrogen and oxygen atoms in total. The number of nitrogens with one attached hydrogen (secondary N) is 1. The Balaban J connectivity index is 1.69. The van der Waals surface area contributed by atoms with Gasteiger partial charge in [-0.05, 0) is 49.6 Å². The van der Waals surface area contributed by atoms with Crippen LogP contribution in [0.4, 0.5) is 5.69 Å². The Labute approximate surface area is 142 Å². The van der Waals surface area contributed by atoms with E-state index in [-0.39, 0.29) is 18.0 Å². The van der Waals surface area contributed by atoms with Crippen LogP contribution in [0.15, 0.2) is 48.5 Å². The minimum absolute atomic E-state index is 0.0606. The molecule has 2 aromatic rings. The number of rotatable bonds is 4. The molecule has 120 valence electrons. The number of fused-ring (bicyclic) bond motifs is 1. The molecule has 0 bridgehead atoms. The lowest BCUT2D eigenvalue weighted by molar-refractivity contribution is -0.120. The van der Waals surface area contributed by atoms with Gasteiger partial charge in [-0.3, -0.25) is 10.1 Å². The molecule has 1 N–H and O–H groups in total. The molecule has 1 aliphatic rings. The molecule has 0 fully saturated rings. The minimum Gasteiger partial charge on any atom is -0.310 e. The van der Waals surface area contributed by atoms with E-state index < -0.39 is 0 Å². The maximum Gasteiger partial charge on any atom is 0.243 e. The van der Waals surface area contributed by atoms with Crippen LogP contribution in [-0.4, -0.2) is 18.5 Å². The average Bonchev–Trinajstić information content (AvgIpc) is 2.98. The van der Waals surface area contributed by atoms with Crippen LogP contribution in [0.5, 0.6) is 0 Å². The Morgan fingerprint density at radius 2 is 1.96 bits per heavy atom. The fraction of sp³-hybridized carbons (Fsp3) is 0.316. The molecule has 3 rings (SSSR count). The number of carbonyl (C=O) groups excluding carboxylic acids is 1. The van der Waals surface area contributed by atoms with Gasteiger partial charge in [0.05, 0.1) is 6.04 Å².